The van der Waals surface area contributed by atoms with Crippen LogP contribution in [0.5, 0.6) is 0 Å². The summed E-state index contributed by atoms with van der Waals surface area (Å²) in [4.78, 5) is 13.9. The summed E-state index contributed by atoms with van der Waals surface area (Å²) in [5.74, 6) is -0.167. The summed E-state index contributed by atoms with van der Waals surface area (Å²) in [6, 6.07) is 4.73. The van der Waals surface area contributed by atoms with Gasteiger partial charge in [-0.3, -0.25) is 4.79 Å². The molecule has 1 aliphatic heterocycles. The maximum absolute atomic E-state index is 12.3. The van der Waals surface area contributed by atoms with Gasteiger partial charge in [0.2, 0.25) is 10.0 Å². The average molecular weight is 318 g/mol. The molecule has 1 aromatic rings. The number of rotatable bonds is 2. The summed E-state index contributed by atoms with van der Waals surface area (Å²) < 4.78 is 24.2. The van der Waals surface area contributed by atoms with Gasteiger partial charge >= 0.3 is 0 Å². The molecular weight excluding hydrogens is 302 g/mol. The summed E-state index contributed by atoms with van der Waals surface area (Å²) in [5.41, 5.74) is 6.48. The third kappa shape index (κ3) is 3.23. The van der Waals surface area contributed by atoms with Crippen LogP contribution in [0.3, 0.4) is 0 Å². The van der Waals surface area contributed by atoms with Crippen LogP contribution in [-0.2, 0) is 10.0 Å². The van der Waals surface area contributed by atoms with Crippen molar-refractivity contribution in [2.75, 3.05) is 38.2 Å². The first-order valence-electron chi connectivity index (χ1n) is 6.08. The third-order valence-electron chi connectivity index (χ3n) is 3.24. The molecule has 0 unspecified atom stereocenters. The number of benzene rings is 1. The Morgan fingerprint density at radius 2 is 1.85 bits per heavy atom. The molecule has 1 aromatic carbocycles. The Bertz CT molecular complexity index is 625. The Morgan fingerprint density at radius 1 is 1.25 bits per heavy atom. The van der Waals surface area contributed by atoms with Crippen LogP contribution in [0.15, 0.2) is 18.2 Å². The van der Waals surface area contributed by atoms with Crippen molar-refractivity contribution in [2.24, 2.45) is 0 Å². The van der Waals surface area contributed by atoms with Crippen LogP contribution in [0.4, 0.5) is 5.69 Å². The minimum Gasteiger partial charge on any atom is -0.398 e. The van der Waals surface area contributed by atoms with E-state index in [1.165, 1.54) is 16.6 Å². The van der Waals surface area contributed by atoms with E-state index >= 15 is 0 Å². The van der Waals surface area contributed by atoms with Crippen molar-refractivity contribution in [1.29, 1.82) is 0 Å². The molecule has 1 amide bonds. The molecule has 0 radical (unpaired) electrons. The minimum atomic E-state index is -3.19. The van der Waals surface area contributed by atoms with Gasteiger partial charge in [-0.05, 0) is 18.2 Å². The lowest BCUT2D eigenvalue weighted by atomic mass is 10.1. The molecule has 2 rings (SSSR count). The fourth-order valence-corrected chi connectivity index (χ4v) is 3.07. The molecule has 1 heterocycles. The molecule has 0 atom stereocenters. The Balaban J connectivity index is 2.07. The first kappa shape index (κ1) is 15.1. The molecule has 2 N–H and O–H groups in total. The molecular formula is C12H16ClN3O3S. The van der Waals surface area contributed by atoms with Gasteiger partial charge in [0.1, 0.15) is 0 Å². The van der Waals surface area contributed by atoms with Crippen LogP contribution in [0.2, 0.25) is 5.02 Å². The monoisotopic (exact) mass is 317 g/mol. The molecule has 0 aliphatic carbocycles. The van der Waals surface area contributed by atoms with Crippen molar-refractivity contribution in [2.45, 2.75) is 0 Å². The number of sulfonamides is 1. The van der Waals surface area contributed by atoms with Crippen molar-refractivity contribution in [3.8, 4) is 0 Å². The fraction of sp³-hybridized carbons (Fsp3) is 0.417. The van der Waals surface area contributed by atoms with Gasteiger partial charge in [0.25, 0.3) is 5.91 Å². The summed E-state index contributed by atoms with van der Waals surface area (Å²) in [5, 5.41) is 0.339. The highest BCUT2D eigenvalue weighted by atomic mass is 35.5. The maximum atomic E-state index is 12.3. The van der Waals surface area contributed by atoms with E-state index in [1.807, 2.05) is 0 Å². The lowest BCUT2D eigenvalue weighted by Crippen LogP contribution is -2.50. The Labute approximate surface area is 123 Å². The van der Waals surface area contributed by atoms with E-state index in [1.54, 1.807) is 17.0 Å². The van der Waals surface area contributed by atoms with E-state index in [2.05, 4.69) is 0 Å². The number of piperazine rings is 1. The number of amides is 1. The number of nitrogens with zero attached hydrogens (tertiary/aromatic N) is 2. The second-order valence-electron chi connectivity index (χ2n) is 4.69. The number of hydrogen-bond acceptors (Lipinski definition) is 4. The first-order valence-corrected chi connectivity index (χ1v) is 8.31. The van der Waals surface area contributed by atoms with Crippen LogP contribution >= 0.6 is 11.6 Å². The zero-order chi connectivity index (χ0) is 14.9. The van der Waals surface area contributed by atoms with Crippen LogP contribution < -0.4 is 5.73 Å². The van der Waals surface area contributed by atoms with Crippen LogP contribution in [0.25, 0.3) is 0 Å². The second kappa shape index (κ2) is 5.59. The van der Waals surface area contributed by atoms with E-state index < -0.39 is 10.0 Å². The number of carbonyl (C=O) groups is 1. The maximum Gasteiger partial charge on any atom is 0.253 e. The van der Waals surface area contributed by atoms with Crippen LogP contribution in [0.1, 0.15) is 10.4 Å². The van der Waals surface area contributed by atoms with Crippen LogP contribution in [-0.4, -0.2) is 56.0 Å². The molecule has 8 heteroatoms. The highest BCUT2D eigenvalue weighted by molar-refractivity contribution is 7.88. The number of anilines is 1. The molecule has 0 saturated carbocycles. The minimum absolute atomic E-state index is 0.167. The second-order valence-corrected chi connectivity index (χ2v) is 7.08. The summed E-state index contributed by atoms with van der Waals surface area (Å²) in [6.07, 6.45) is 1.17. The standard InChI is InChI=1S/C12H16ClN3O3S/c1-20(18,19)16-6-4-15(5-7-16)12(17)9-2-3-11(14)10(13)8-9/h2-3,8H,4-7,14H2,1H3. The molecule has 1 fully saturated rings. The van der Waals surface area contributed by atoms with E-state index in [-0.39, 0.29) is 5.91 Å². The van der Waals surface area contributed by atoms with E-state index in [4.69, 9.17) is 17.3 Å². The van der Waals surface area contributed by atoms with Gasteiger partial charge in [-0.15, -0.1) is 0 Å². The van der Waals surface area contributed by atoms with Crippen molar-refractivity contribution < 1.29 is 13.2 Å². The summed E-state index contributed by atoms with van der Waals surface area (Å²) in [7, 11) is -3.19. The van der Waals surface area contributed by atoms with Gasteiger partial charge < -0.3 is 10.6 Å². The number of halogens is 1. The summed E-state index contributed by atoms with van der Waals surface area (Å²) >= 11 is 5.90. The van der Waals surface area contributed by atoms with E-state index in [0.29, 0.717) is 42.5 Å². The highest BCUT2D eigenvalue weighted by Gasteiger charge is 2.26. The van der Waals surface area contributed by atoms with E-state index in [9.17, 15) is 13.2 Å². The lowest BCUT2D eigenvalue weighted by Gasteiger charge is -2.33. The van der Waals surface area contributed by atoms with Gasteiger partial charge in [-0.25, -0.2) is 8.42 Å². The van der Waals surface area contributed by atoms with Crippen molar-refractivity contribution in [3.63, 3.8) is 0 Å². The highest BCUT2D eigenvalue weighted by Crippen LogP contribution is 2.21. The lowest BCUT2D eigenvalue weighted by molar-refractivity contribution is 0.0698. The molecule has 0 spiro atoms. The molecule has 0 aromatic heterocycles. The Morgan fingerprint density at radius 3 is 2.35 bits per heavy atom. The van der Waals surface area contributed by atoms with Crippen molar-refractivity contribution >= 4 is 33.2 Å². The molecule has 1 aliphatic rings. The van der Waals surface area contributed by atoms with Gasteiger partial charge in [0, 0.05) is 31.7 Å². The summed E-state index contributed by atoms with van der Waals surface area (Å²) in [6.45, 7) is 1.36. The molecule has 1 saturated heterocycles. The largest absolute Gasteiger partial charge is 0.398 e. The number of nitrogens with two attached hydrogens (primary N) is 1. The van der Waals surface area contributed by atoms with Crippen molar-refractivity contribution in [3.05, 3.63) is 28.8 Å². The first-order chi connectivity index (χ1) is 9.29. The zero-order valence-electron chi connectivity index (χ0n) is 11.0. The topological polar surface area (TPSA) is 83.7 Å². The smallest absolute Gasteiger partial charge is 0.253 e. The Kier molecular flexibility index (Phi) is 4.22. The van der Waals surface area contributed by atoms with Gasteiger partial charge in [-0.2, -0.15) is 4.31 Å². The molecule has 20 heavy (non-hydrogen) atoms. The normalized spacial score (nSPS) is 17.2. The predicted octanol–water partition coefficient (Wildman–Crippen LogP) is 0.640. The van der Waals surface area contributed by atoms with Crippen LogP contribution in [0, 0.1) is 0 Å². The molecule has 0 bridgehead atoms. The fourth-order valence-electron chi connectivity index (χ4n) is 2.07. The van der Waals surface area contributed by atoms with Gasteiger partial charge in [0.05, 0.1) is 17.0 Å². The number of nitrogen functional groups attached to an aromatic ring is 1. The molecule has 6 nitrogen and oxygen atoms in total. The van der Waals surface area contributed by atoms with Gasteiger partial charge in [0.15, 0.2) is 0 Å². The number of hydrogen-bond donors (Lipinski definition) is 1. The predicted molar refractivity (Wildman–Crippen MR) is 78.2 cm³/mol. The van der Waals surface area contributed by atoms with Crippen molar-refractivity contribution in [1.82, 2.24) is 9.21 Å². The zero-order valence-corrected chi connectivity index (χ0v) is 12.6. The Hall–Kier alpha value is -1.31. The number of carbonyl (C=O) groups excluding carboxylic acids is 1. The van der Waals surface area contributed by atoms with E-state index in [0.717, 1.165) is 0 Å². The average Bonchev–Trinajstić information content (AvgIpc) is 2.40. The van der Waals surface area contributed by atoms with Gasteiger partial charge in [-0.1, -0.05) is 11.6 Å². The third-order valence-corrected chi connectivity index (χ3v) is 4.87. The quantitative estimate of drug-likeness (QED) is 0.811. The SMILES string of the molecule is CS(=O)(=O)N1CCN(C(=O)c2ccc(N)c(Cl)c2)CC1. The molecule has 110 valence electrons.